The first-order valence-electron chi connectivity index (χ1n) is 8.16. The number of carbonyl (C=O) groups excluding carboxylic acids is 1. The zero-order valence-corrected chi connectivity index (χ0v) is 13.8. The van der Waals surface area contributed by atoms with Crippen molar-refractivity contribution >= 4 is 38.4 Å². The highest BCUT2D eigenvalue weighted by Crippen LogP contribution is 2.37. The average Bonchev–Trinajstić information content (AvgIpc) is 3.10. The van der Waals surface area contributed by atoms with Gasteiger partial charge in [-0.3, -0.25) is 9.69 Å². The standard InChI is InChI=1S/C18H16N4OS/c23-16-8-11-4-3-7-19-17(11)22(16)13-9-12(10-13)20-18-21-14-5-1-2-6-15(14)24-18/h1-7,12-13H,8-10H2,(H,20,21). The third-order valence-corrected chi connectivity index (χ3v) is 5.77. The lowest BCUT2D eigenvalue weighted by atomic mass is 9.85. The van der Waals surface area contributed by atoms with Crippen molar-refractivity contribution in [3.63, 3.8) is 0 Å². The van der Waals surface area contributed by atoms with Crippen LogP contribution in [0.2, 0.25) is 0 Å². The quantitative estimate of drug-likeness (QED) is 0.798. The van der Waals surface area contributed by atoms with Gasteiger partial charge in [0.2, 0.25) is 5.91 Å². The van der Waals surface area contributed by atoms with Gasteiger partial charge in [0.1, 0.15) is 5.82 Å². The first kappa shape index (κ1) is 13.9. The molecule has 120 valence electrons. The van der Waals surface area contributed by atoms with Gasteiger partial charge in [-0.2, -0.15) is 0 Å². The Labute approximate surface area is 143 Å². The van der Waals surface area contributed by atoms with Gasteiger partial charge in [0, 0.05) is 23.8 Å². The third-order valence-electron chi connectivity index (χ3n) is 4.81. The monoisotopic (exact) mass is 336 g/mol. The molecule has 1 aromatic carbocycles. The van der Waals surface area contributed by atoms with Gasteiger partial charge < -0.3 is 5.32 Å². The van der Waals surface area contributed by atoms with Crippen molar-refractivity contribution in [1.82, 2.24) is 9.97 Å². The summed E-state index contributed by atoms with van der Waals surface area (Å²) in [6, 6.07) is 12.7. The van der Waals surface area contributed by atoms with Crippen LogP contribution < -0.4 is 10.2 Å². The summed E-state index contributed by atoms with van der Waals surface area (Å²) in [5.74, 6) is 1.03. The van der Waals surface area contributed by atoms with Crippen LogP contribution in [0.15, 0.2) is 42.6 Å². The second-order valence-electron chi connectivity index (χ2n) is 6.38. The van der Waals surface area contributed by atoms with E-state index in [1.165, 1.54) is 4.70 Å². The maximum Gasteiger partial charge on any atom is 0.232 e. The Bertz CT molecular complexity index is 898. The lowest BCUT2D eigenvalue weighted by Crippen LogP contribution is -2.51. The van der Waals surface area contributed by atoms with Crippen molar-refractivity contribution in [2.45, 2.75) is 31.3 Å². The van der Waals surface area contributed by atoms with E-state index in [2.05, 4.69) is 21.4 Å². The van der Waals surface area contributed by atoms with Gasteiger partial charge in [-0.1, -0.05) is 29.5 Å². The first-order valence-corrected chi connectivity index (χ1v) is 8.97. The molecule has 2 aliphatic rings. The number of benzene rings is 1. The van der Waals surface area contributed by atoms with Gasteiger partial charge in [-0.15, -0.1) is 0 Å². The van der Waals surface area contributed by atoms with Gasteiger partial charge in [0.25, 0.3) is 0 Å². The molecule has 1 saturated carbocycles. The fourth-order valence-electron chi connectivity index (χ4n) is 3.55. The zero-order chi connectivity index (χ0) is 16.1. The first-order chi connectivity index (χ1) is 11.8. The smallest absolute Gasteiger partial charge is 0.232 e. The fourth-order valence-corrected chi connectivity index (χ4v) is 4.50. The largest absolute Gasteiger partial charge is 0.359 e. The molecule has 0 bridgehead atoms. The minimum Gasteiger partial charge on any atom is -0.359 e. The van der Waals surface area contributed by atoms with Crippen LogP contribution >= 0.6 is 11.3 Å². The van der Waals surface area contributed by atoms with Crippen LogP contribution in [0.3, 0.4) is 0 Å². The van der Waals surface area contributed by atoms with Crippen molar-refractivity contribution in [2.75, 3.05) is 10.2 Å². The Balaban J connectivity index is 1.28. The predicted octanol–water partition coefficient (Wildman–Crippen LogP) is 3.22. The number of rotatable bonds is 3. The number of para-hydroxylation sites is 1. The third kappa shape index (κ3) is 2.17. The van der Waals surface area contributed by atoms with Crippen LogP contribution in [0.1, 0.15) is 18.4 Å². The van der Waals surface area contributed by atoms with E-state index in [1.54, 1.807) is 17.5 Å². The second-order valence-corrected chi connectivity index (χ2v) is 7.41. The lowest BCUT2D eigenvalue weighted by molar-refractivity contribution is -0.118. The number of thiazole rings is 1. The van der Waals surface area contributed by atoms with Crippen molar-refractivity contribution in [3.05, 3.63) is 48.2 Å². The van der Waals surface area contributed by atoms with Gasteiger partial charge >= 0.3 is 0 Å². The molecule has 1 fully saturated rings. The Morgan fingerprint density at radius 2 is 2.04 bits per heavy atom. The molecule has 3 aromatic rings. The van der Waals surface area contributed by atoms with E-state index in [0.717, 1.165) is 34.9 Å². The van der Waals surface area contributed by atoms with E-state index in [-0.39, 0.29) is 11.9 Å². The van der Waals surface area contributed by atoms with Crippen LogP contribution in [0.25, 0.3) is 10.2 Å². The van der Waals surface area contributed by atoms with Crippen molar-refractivity contribution < 1.29 is 4.79 Å². The lowest BCUT2D eigenvalue weighted by Gasteiger charge is -2.41. The Morgan fingerprint density at radius 3 is 2.92 bits per heavy atom. The van der Waals surface area contributed by atoms with Crippen molar-refractivity contribution in [2.24, 2.45) is 0 Å². The number of hydrogen-bond acceptors (Lipinski definition) is 5. The Hall–Kier alpha value is -2.47. The molecule has 3 heterocycles. The number of nitrogens with one attached hydrogen (secondary N) is 1. The molecule has 0 unspecified atom stereocenters. The number of amides is 1. The number of nitrogens with zero attached hydrogens (tertiary/aromatic N) is 3. The molecular weight excluding hydrogens is 320 g/mol. The van der Waals surface area contributed by atoms with Crippen LogP contribution in [-0.4, -0.2) is 28.0 Å². The molecule has 0 spiro atoms. The summed E-state index contributed by atoms with van der Waals surface area (Å²) in [5, 5.41) is 4.47. The van der Waals surface area contributed by atoms with Crippen LogP contribution in [0, 0.1) is 0 Å². The predicted molar refractivity (Wildman–Crippen MR) is 95.5 cm³/mol. The van der Waals surface area contributed by atoms with E-state index < -0.39 is 0 Å². The molecule has 1 N–H and O–H groups in total. The molecule has 5 nitrogen and oxygen atoms in total. The van der Waals surface area contributed by atoms with Crippen molar-refractivity contribution in [1.29, 1.82) is 0 Å². The maximum absolute atomic E-state index is 12.3. The minimum atomic E-state index is 0.173. The molecule has 0 atom stereocenters. The number of aromatic nitrogens is 2. The number of hydrogen-bond donors (Lipinski definition) is 1. The normalized spacial score (nSPS) is 22.5. The summed E-state index contributed by atoms with van der Waals surface area (Å²) < 4.78 is 1.20. The van der Waals surface area contributed by atoms with Gasteiger partial charge in [-0.25, -0.2) is 9.97 Å². The van der Waals surface area contributed by atoms with Gasteiger partial charge in [0.05, 0.1) is 16.6 Å². The molecule has 6 heteroatoms. The van der Waals surface area contributed by atoms with Crippen LogP contribution in [0.4, 0.5) is 10.9 Å². The van der Waals surface area contributed by atoms with E-state index in [1.807, 2.05) is 35.2 Å². The summed E-state index contributed by atoms with van der Waals surface area (Å²) in [5.41, 5.74) is 2.08. The summed E-state index contributed by atoms with van der Waals surface area (Å²) >= 11 is 1.68. The second kappa shape index (κ2) is 5.27. The number of anilines is 2. The van der Waals surface area contributed by atoms with E-state index >= 15 is 0 Å². The number of carbonyl (C=O) groups is 1. The maximum atomic E-state index is 12.3. The fraction of sp³-hybridized carbons (Fsp3) is 0.278. The topological polar surface area (TPSA) is 58.1 Å². The van der Waals surface area contributed by atoms with Crippen molar-refractivity contribution in [3.8, 4) is 0 Å². The molecule has 1 aliphatic heterocycles. The summed E-state index contributed by atoms with van der Waals surface area (Å²) in [4.78, 5) is 23.2. The van der Waals surface area contributed by atoms with E-state index in [9.17, 15) is 4.79 Å². The molecule has 0 radical (unpaired) electrons. The van der Waals surface area contributed by atoms with Crippen LogP contribution in [-0.2, 0) is 11.2 Å². The average molecular weight is 336 g/mol. The molecule has 5 rings (SSSR count). The van der Waals surface area contributed by atoms with Crippen LogP contribution in [0.5, 0.6) is 0 Å². The highest BCUT2D eigenvalue weighted by Gasteiger charge is 2.41. The van der Waals surface area contributed by atoms with Gasteiger partial charge in [-0.05, 0) is 31.0 Å². The number of pyridine rings is 1. The molecule has 1 amide bonds. The summed E-state index contributed by atoms with van der Waals surface area (Å²) in [6.07, 6.45) is 4.13. The van der Waals surface area contributed by atoms with E-state index in [4.69, 9.17) is 0 Å². The Kier molecular flexibility index (Phi) is 3.06. The summed E-state index contributed by atoms with van der Waals surface area (Å²) in [6.45, 7) is 0. The molecule has 2 aromatic heterocycles. The van der Waals surface area contributed by atoms with E-state index in [0.29, 0.717) is 12.5 Å². The molecule has 1 aliphatic carbocycles. The zero-order valence-electron chi connectivity index (χ0n) is 13.0. The Morgan fingerprint density at radius 1 is 1.17 bits per heavy atom. The number of fused-ring (bicyclic) bond motifs is 2. The molecule has 24 heavy (non-hydrogen) atoms. The highest BCUT2D eigenvalue weighted by atomic mass is 32.1. The molecule has 0 saturated heterocycles. The minimum absolute atomic E-state index is 0.173. The summed E-state index contributed by atoms with van der Waals surface area (Å²) in [7, 11) is 0. The molecular formula is C18H16N4OS. The highest BCUT2D eigenvalue weighted by molar-refractivity contribution is 7.22. The van der Waals surface area contributed by atoms with Gasteiger partial charge in [0.15, 0.2) is 5.13 Å². The SMILES string of the molecule is O=C1Cc2cccnc2N1C1CC(Nc2nc3ccccc3s2)C1.